The van der Waals surface area contributed by atoms with E-state index in [-0.39, 0.29) is 50.9 Å². The van der Waals surface area contributed by atoms with E-state index in [1.54, 1.807) is 13.1 Å². The average molecular weight is 742 g/mol. The number of hydrogen-bond donors (Lipinski definition) is 6. The average Bonchev–Trinajstić information content (AvgIpc) is 3.49. The zero-order valence-corrected chi connectivity index (χ0v) is 30.0. The van der Waals surface area contributed by atoms with Gasteiger partial charge in [0.1, 0.15) is 24.4 Å². The van der Waals surface area contributed by atoms with E-state index in [4.69, 9.17) is 13.8 Å². The Hall–Kier alpha value is -4.51. The van der Waals surface area contributed by atoms with E-state index < -0.39 is 56.9 Å². The molecule has 51 heavy (non-hydrogen) atoms. The Bertz CT molecular complexity index is 1500. The molecule has 6 N–H and O–H groups in total. The molecule has 0 aliphatic heterocycles. The Morgan fingerprint density at radius 2 is 1.76 bits per heavy atom. The molecule has 2 aromatic rings. The summed E-state index contributed by atoms with van der Waals surface area (Å²) < 4.78 is 37.3. The van der Waals surface area contributed by atoms with Crippen LogP contribution in [0, 0.1) is 5.92 Å². The number of aromatic amines is 1. The second-order valence-corrected chi connectivity index (χ2v) is 13.0. The summed E-state index contributed by atoms with van der Waals surface area (Å²) in [6, 6.07) is 3.25. The smallest absolute Gasteiger partial charge is 0.472 e. The van der Waals surface area contributed by atoms with Gasteiger partial charge >= 0.3 is 7.82 Å². The molecule has 5 atom stereocenters. The summed E-state index contributed by atoms with van der Waals surface area (Å²) in [4.78, 5) is 84.7. The quantitative estimate of drug-likeness (QED) is 0.0448. The zero-order valence-electron chi connectivity index (χ0n) is 29.1. The molecule has 0 aliphatic rings. The van der Waals surface area contributed by atoms with E-state index in [9.17, 15) is 38.2 Å². The minimum Gasteiger partial charge on any atom is -0.494 e. The maximum Gasteiger partial charge on any atom is 0.472 e. The second-order valence-electron chi connectivity index (χ2n) is 11.5. The Morgan fingerprint density at radius 3 is 2.43 bits per heavy atom. The van der Waals surface area contributed by atoms with Crippen molar-refractivity contribution in [1.82, 2.24) is 26.3 Å². The largest absolute Gasteiger partial charge is 0.494 e. The molecule has 0 aliphatic carbocycles. The molecule has 0 saturated carbocycles. The van der Waals surface area contributed by atoms with Crippen LogP contribution in [0.25, 0.3) is 10.9 Å². The minimum atomic E-state index is -4.78. The van der Waals surface area contributed by atoms with Crippen LogP contribution in [0.15, 0.2) is 24.4 Å². The molecule has 18 nitrogen and oxygen atoms in total. The van der Waals surface area contributed by atoms with Gasteiger partial charge < -0.3 is 45.4 Å². The van der Waals surface area contributed by atoms with Crippen molar-refractivity contribution in [2.75, 3.05) is 39.5 Å². The van der Waals surface area contributed by atoms with E-state index in [0.29, 0.717) is 18.8 Å². The summed E-state index contributed by atoms with van der Waals surface area (Å²) in [6.45, 7) is 5.49. The first kappa shape index (κ1) is 42.7. The van der Waals surface area contributed by atoms with Crippen LogP contribution in [-0.2, 0) is 58.3 Å². The molecule has 2 rings (SSSR count). The van der Waals surface area contributed by atoms with Gasteiger partial charge in [-0.25, -0.2) is 4.57 Å². The predicted octanol–water partition coefficient (Wildman–Crippen LogP) is 1.01. The van der Waals surface area contributed by atoms with Crippen molar-refractivity contribution in [3.05, 3.63) is 30.0 Å². The first-order valence-electron chi connectivity index (χ1n) is 16.4. The van der Waals surface area contributed by atoms with Crippen LogP contribution in [-0.4, -0.2) is 104 Å². The number of phosphoric acid groups is 1. The number of ether oxygens (including phenoxy) is 3. The van der Waals surface area contributed by atoms with Crippen LogP contribution in [0.3, 0.4) is 0 Å². The van der Waals surface area contributed by atoms with Gasteiger partial charge in [0.25, 0.3) is 12.9 Å². The fourth-order valence-corrected chi connectivity index (χ4v) is 5.35. The summed E-state index contributed by atoms with van der Waals surface area (Å²) in [5.41, 5.74) is 1.57. The Labute approximate surface area is 295 Å². The second kappa shape index (κ2) is 22.3. The van der Waals surface area contributed by atoms with Crippen molar-refractivity contribution in [2.45, 2.75) is 71.6 Å². The number of nitrogens with one attached hydrogen (secondary N) is 5. The van der Waals surface area contributed by atoms with Crippen molar-refractivity contribution in [3.8, 4) is 5.75 Å². The summed E-state index contributed by atoms with van der Waals surface area (Å²) in [7, 11) is -4.78. The lowest BCUT2D eigenvalue weighted by molar-refractivity contribution is -0.143. The fourth-order valence-electron chi connectivity index (χ4n) is 4.62. The standard InChI is InChI=1S/C32H48N5O13P/c1-5-7-11-47-24-8-9-27-26(14-24)23(15-34-27)13-29(41)37-30(21(3)6-2)32(43)33-10-12-49-51(44,45)50-18-28(36-22(4)40)31(42)35-16-25(48-20-39)17-46-19-38/h8-9,14-15,19-21,25,28,30,34H,5-7,10-13,16-18H2,1-4H3,(H,33,43)(H,35,42)(H,36,40)(H,37,41)(H,44,45)/t21-,25?,28?,30-/m0/s1. The number of hydrogen-bond acceptors (Lipinski definition) is 12. The molecule has 1 heterocycles. The Kier molecular flexibility index (Phi) is 18.7. The first-order valence-corrected chi connectivity index (χ1v) is 17.9. The number of unbranched alkanes of at least 4 members (excludes halogenated alkanes) is 1. The van der Waals surface area contributed by atoms with Gasteiger partial charge in [-0.3, -0.25) is 37.8 Å². The molecule has 0 fully saturated rings. The van der Waals surface area contributed by atoms with Crippen LogP contribution < -0.4 is 26.0 Å². The van der Waals surface area contributed by atoms with Gasteiger partial charge in [0.05, 0.1) is 32.8 Å². The number of fused-ring (bicyclic) bond motifs is 1. The lowest BCUT2D eigenvalue weighted by Gasteiger charge is -2.24. The van der Waals surface area contributed by atoms with Crippen molar-refractivity contribution >= 4 is 55.3 Å². The zero-order chi connectivity index (χ0) is 37.8. The van der Waals surface area contributed by atoms with Gasteiger partial charge in [-0.1, -0.05) is 33.6 Å². The summed E-state index contributed by atoms with van der Waals surface area (Å²) in [5.74, 6) is -1.99. The number of benzene rings is 1. The molecular formula is C32H48N5O13P. The fraction of sp³-hybridized carbons (Fsp3) is 0.562. The van der Waals surface area contributed by atoms with E-state index in [1.165, 1.54) is 0 Å². The molecule has 0 radical (unpaired) electrons. The molecule has 284 valence electrons. The van der Waals surface area contributed by atoms with Crippen LogP contribution >= 0.6 is 7.82 Å². The highest BCUT2D eigenvalue weighted by molar-refractivity contribution is 7.47. The highest BCUT2D eigenvalue weighted by Gasteiger charge is 2.29. The highest BCUT2D eigenvalue weighted by Crippen LogP contribution is 2.42. The van der Waals surface area contributed by atoms with Gasteiger partial charge in [0.2, 0.25) is 23.6 Å². The number of aromatic nitrogens is 1. The molecular weight excluding hydrogens is 693 g/mol. The molecule has 0 saturated heterocycles. The number of rotatable bonds is 26. The van der Waals surface area contributed by atoms with Gasteiger partial charge in [-0.2, -0.15) is 0 Å². The maximum atomic E-state index is 13.1. The SMILES string of the molecule is CCCCOc1ccc2[nH]cc(CC(=O)N[C@H](C(=O)NCCOP(=O)(O)OCC(NC(C)=O)C(=O)NCC(COC=O)OC=O)[C@@H](C)CC)c2c1. The van der Waals surface area contributed by atoms with E-state index in [1.807, 2.05) is 25.1 Å². The van der Waals surface area contributed by atoms with Crippen LogP contribution in [0.2, 0.25) is 0 Å². The molecule has 1 aromatic carbocycles. The minimum absolute atomic E-state index is 0.00591. The lowest BCUT2D eigenvalue weighted by atomic mass is 9.98. The van der Waals surface area contributed by atoms with Gasteiger partial charge in [0, 0.05) is 30.6 Å². The molecule has 1 aromatic heterocycles. The topological polar surface area (TPSA) is 250 Å². The highest BCUT2D eigenvalue weighted by atomic mass is 31.2. The summed E-state index contributed by atoms with van der Waals surface area (Å²) in [5, 5.41) is 10.8. The van der Waals surface area contributed by atoms with Crippen molar-refractivity contribution in [1.29, 1.82) is 0 Å². The van der Waals surface area contributed by atoms with Crippen molar-refractivity contribution in [2.24, 2.45) is 5.92 Å². The van der Waals surface area contributed by atoms with Crippen LogP contribution in [0.4, 0.5) is 0 Å². The van der Waals surface area contributed by atoms with E-state index >= 15 is 0 Å². The molecule has 4 amide bonds. The number of carbonyl (C=O) groups excluding carboxylic acids is 6. The Balaban J connectivity index is 1.90. The summed E-state index contributed by atoms with van der Waals surface area (Å²) >= 11 is 0. The van der Waals surface area contributed by atoms with E-state index in [0.717, 1.165) is 36.2 Å². The summed E-state index contributed by atoms with van der Waals surface area (Å²) in [6.07, 6.45) is 3.21. The predicted molar refractivity (Wildman–Crippen MR) is 182 cm³/mol. The molecule has 19 heteroatoms. The third-order valence-electron chi connectivity index (χ3n) is 7.52. The lowest BCUT2D eigenvalue weighted by Crippen LogP contribution is -2.51. The number of H-pyrrole nitrogens is 1. The van der Waals surface area contributed by atoms with Gasteiger partial charge in [-0.05, 0) is 36.1 Å². The van der Waals surface area contributed by atoms with Crippen LogP contribution in [0.5, 0.6) is 5.75 Å². The van der Waals surface area contributed by atoms with Crippen molar-refractivity contribution < 1.29 is 61.5 Å². The molecule has 3 unspecified atom stereocenters. The van der Waals surface area contributed by atoms with E-state index in [2.05, 4.69) is 42.6 Å². The first-order chi connectivity index (χ1) is 24.3. The Morgan fingerprint density at radius 1 is 1.00 bits per heavy atom. The maximum absolute atomic E-state index is 13.1. The normalized spacial score (nSPS) is 14.5. The monoisotopic (exact) mass is 741 g/mol. The number of carbonyl (C=O) groups is 6. The van der Waals surface area contributed by atoms with Gasteiger partial charge in [0.15, 0.2) is 6.10 Å². The third-order valence-corrected chi connectivity index (χ3v) is 8.51. The van der Waals surface area contributed by atoms with Crippen molar-refractivity contribution in [3.63, 3.8) is 0 Å². The van der Waals surface area contributed by atoms with Crippen LogP contribution in [0.1, 0.15) is 52.5 Å². The molecule has 0 bridgehead atoms. The number of phosphoric ester groups is 1. The third kappa shape index (κ3) is 15.5. The van der Waals surface area contributed by atoms with Gasteiger partial charge in [-0.15, -0.1) is 0 Å². The number of amides is 4. The molecule has 0 spiro atoms.